The predicted octanol–water partition coefficient (Wildman–Crippen LogP) is 2.56. The molecule has 0 fully saturated rings. The van der Waals surface area contributed by atoms with E-state index in [1.54, 1.807) is 12.1 Å². The van der Waals surface area contributed by atoms with E-state index in [1.165, 1.54) is 13.3 Å². The van der Waals surface area contributed by atoms with Gasteiger partial charge in [0.05, 0.1) is 21.9 Å². The molecule has 0 aliphatic carbocycles. The second-order valence-corrected chi connectivity index (χ2v) is 3.13. The molecule has 70 valence electrons. The van der Waals surface area contributed by atoms with E-state index in [0.29, 0.717) is 21.3 Å². The summed E-state index contributed by atoms with van der Waals surface area (Å²) in [7, 11) is 1.45. The quantitative estimate of drug-likeness (QED) is 0.472. The van der Waals surface area contributed by atoms with Crippen LogP contribution in [0.3, 0.4) is 0 Å². The lowest BCUT2D eigenvalue weighted by molar-refractivity contribution is 0.215. The first kappa shape index (κ1) is 10.2. The maximum atomic E-state index is 5.85. The fraction of sp³-hybridized carbons (Fsp3) is 0.125. The van der Waals surface area contributed by atoms with Crippen molar-refractivity contribution in [2.45, 2.75) is 0 Å². The van der Waals surface area contributed by atoms with Gasteiger partial charge in [0.1, 0.15) is 7.11 Å². The summed E-state index contributed by atoms with van der Waals surface area (Å²) >= 11 is 11.6. The zero-order valence-corrected chi connectivity index (χ0v) is 8.43. The number of nitrogen functional groups attached to an aromatic ring is 1. The fourth-order valence-corrected chi connectivity index (χ4v) is 1.22. The van der Waals surface area contributed by atoms with Crippen molar-refractivity contribution in [3.05, 3.63) is 27.7 Å². The van der Waals surface area contributed by atoms with Gasteiger partial charge in [-0.1, -0.05) is 28.4 Å². The number of nitrogens with zero attached hydrogens (tertiary/aromatic N) is 1. The minimum Gasteiger partial charge on any atom is -0.399 e. The predicted molar refractivity (Wildman–Crippen MR) is 55.5 cm³/mol. The molecular weight excluding hydrogens is 211 g/mol. The third-order valence-electron chi connectivity index (χ3n) is 1.41. The molecule has 0 aromatic heterocycles. The van der Waals surface area contributed by atoms with Gasteiger partial charge in [0.2, 0.25) is 0 Å². The molecule has 2 N–H and O–H groups in total. The summed E-state index contributed by atoms with van der Waals surface area (Å²) in [5.41, 5.74) is 6.70. The van der Waals surface area contributed by atoms with Crippen molar-refractivity contribution in [1.82, 2.24) is 0 Å². The molecule has 0 saturated heterocycles. The van der Waals surface area contributed by atoms with Crippen LogP contribution in [0.1, 0.15) is 5.56 Å². The average Bonchev–Trinajstić information content (AvgIpc) is 2.09. The van der Waals surface area contributed by atoms with Crippen LogP contribution in [0.2, 0.25) is 10.0 Å². The number of hydrogen-bond acceptors (Lipinski definition) is 3. The Morgan fingerprint density at radius 2 is 2.08 bits per heavy atom. The highest BCUT2D eigenvalue weighted by atomic mass is 35.5. The van der Waals surface area contributed by atoms with Gasteiger partial charge in [-0.25, -0.2) is 0 Å². The molecule has 0 aliphatic heterocycles. The second-order valence-electron chi connectivity index (χ2n) is 2.31. The molecule has 0 amide bonds. The van der Waals surface area contributed by atoms with Crippen LogP contribution >= 0.6 is 23.2 Å². The molecule has 3 nitrogen and oxygen atoms in total. The van der Waals surface area contributed by atoms with Gasteiger partial charge in [0, 0.05) is 5.56 Å². The first-order valence-corrected chi connectivity index (χ1v) is 4.21. The van der Waals surface area contributed by atoms with Crippen molar-refractivity contribution < 1.29 is 4.84 Å². The van der Waals surface area contributed by atoms with E-state index >= 15 is 0 Å². The Bertz CT molecular complexity index is 339. The molecule has 13 heavy (non-hydrogen) atoms. The van der Waals surface area contributed by atoms with Gasteiger partial charge < -0.3 is 10.6 Å². The summed E-state index contributed by atoms with van der Waals surface area (Å²) in [6.07, 6.45) is 1.47. The van der Waals surface area contributed by atoms with Crippen LogP contribution in [-0.4, -0.2) is 13.3 Å². The van der Waals surface area contributed by atoms with Crippen molar-refractivity contribution >= 4 is 35.1 Å². The minimum absolute atomic E-state index is 0.430. The SMILES string of the molecule is CON=Cc1cc(N)c(Cl)cc1Cl. The third-order valence-corrected chi connectivity index (χ3v) is 2.07. The highest BCUT2D eigenvalue weighted by Gasteiger charge is 2.02. The lowest BCUT2D eigenvalue weighted by atomic mass is 10.2. The first-order valence-electron chi connectivity index (χ1n) is 3.46. The lowest BCUT2D eigenvalue weighted by Crippen LogP contribution is -1.91. The van der Waals surface area contributed by atoms with E-state index in [9.17, 15) is 0 Å². The molecule has 0 unspecified atom stereocenters. The smallest absolute Gasteiger partial charge is 0.106 e. The van der Waals surface area contributed by atoms with Crippen LogP contribution < -0.4 is 5.73 Å². The lowest BCUT2D eigenvalue weighted by Gasteiger charge is -2.01. The normalized spacial score (nSPS) is 10.7. The van der Waals surface area contributed by atoms with Crippen molar-refractivity contribution in [3.63, 3.8) is 0 Å². The average molecular weight is 219 g/mol. The molecular formula is C8H8Cl2N2O. The third kappa shape index (κ3) is 2.50. The maximum Gasteiger partial charge on any atom is 0.106 e. The monoisotopic (exact) mass is 218 g/mol. The van der Waals surface area contributed by atoms with E-state index < -0.39 is 0 Å². The molecule has 0 spiro atoms. The van der Waals surface area contributed by atoms with E-state index in [2.05, 4.69) is 9.99 Å². The van der Waals surface area contributed by atoms with Gasteiger partial charge in [-0.2, -0.15) is 0 Å². The summed E-state index contributed by atoms with van der Waals surface area (Å²) in [6.45, 7) is 0. The Morgan fingerprint density at radius 3 is 2.69 bits per heavy atom. The standard InChI is InChI=1S/C8H8Cl2N2O/c1-13-12-4-5-2-8(11)7(10)3-6(5)9/h2-4H,11H2,1H3. The highest BCUT2D eigenvalue weighted by molar-refractivity contribution is 6.37. The number of hydrogen-bond donors (Lipinski definition) is 1. The van der Waals surface area contributed by atoms with Gasteiger partial charge in [-0.15, -0.1) is 0 Å². The zero-order chi connectivity index (χ0) is 9.84. The Labute approximate surface area is 86.1 Å². The molecule has 1 aromatic carbocycles. The van der Waals surface area contributed by atoms with Crippen LogP contribution in [0.25, 0.3) is 0 Å². The van der Waals surface area contributed by atoms with Gasteiger partial charge in [-0.3, -0.25) is 0 Å². The molecule has 5 heteroatoms. The molecule has 1 rings (SSSR count). The summed E-state index contributed by atoms with van der Waals surface area (Å²) in [6, 6.07) is 3.20. The Kier molecular flexibility index (Phi) is 3.39. The largest absolute Gasteiger partial charge is 0.399 e. The van der Waals surface area contributed by atoms with Crippen molar-refractivity contribution in [1.29, 1.82) is 0 Å². The number of oxime groups is 1. The molecule has 0 heterocycles. The number of anilines is 1. The van der Waals surface area contributed by atoms with Crippen molar-refractivity contribution in [2.24, 2.45) is 5.16 Å². The van der Waals surface area contributed by atoms with E-state index in [4.69, 9.17) is 28.9 Å². The molecule has 0 atom stereocenters. The van der Waals surface area contributed by atoms with Gasteiger partial charge in [0.15, 0.2) is 0 Å². The van der Waals surface area contributed by atoms with Crippen LogP contribution in [0.4, 0.5) is 5.69 Å². The Hall–Kier alpha value is -0.930. The number of benzene rings is 1. The van der Waals surface area contributed by atoms with Crippen LogP contribution in [0.15, 0.2) is 17.3 Å². The maximum absolute atomic E-state index is 5.85. The topological polar surface area (TPSA) is 47.6 Å². The number of nitrogens with two attached hydrogens (primary N) is 1. The Morgan fingerprint density at radius 1 is 1.38 bits per heavy atom. The van der Waals surface area contributed by atoms with Gasteiger partial charge in [0.25, 0.3) is 0 Å². The second kappa shape index (κ2) is 4.35. The summed E-state index contributed by atoms with van der Waals surface area (Å²) in [4.78, 5) is 4.51. The van der Waals surface area contributed by atoms with Gasteiger partial charge >= 0.3 is 0 Å². The van der Waals surface area contributed by atoms with Crippen LogP contribution in [-0.2, 0) is 4.84 Å². The van der Waals surface area contributed by atoms with Crippen molar-refractivity contribution in [2.75, 3.05) is 12.8 Å². The molecule has 0 radical (unpaired) electrons. The number of halogens is 2. The van der Waals surface area contributed by atoms with Crippen LogP contribution in [0.5, 0.6) is 0 Å². The van der Waals surface area contributed by atoms with Crippen LogP contribution in [0, 0.1) is 0 Å². The first-order chi connectivity index (χ1) is 6.15. The molecule has 0 saturated carbocycles. The molecule has 0 aliphatic rings. The van der Waals surface area contributed by atoms with Crippen molar-refractivity contribution in [3.8, 4) is 0 Å². The number of rotatable bonds is 2. The van der Waals surface area contributed by atoms with E-state index in [1.807, 2.05) is 0 Å². The minimum atomic E-state index is 0.430. The fourth-order valence-electron chi connectivity index (χ4n) is 0.792. The van der Waals surface area contributed by atoms with E-state index in [0.717, 1.165) is 0 Å². The summed E-state index contributed by atoms with van der Waals surface area (Å²) in [5, 5.41) is 4.48. The Balaban J connectivity index is 3.08. The molecule has 1 aromatic rings. The van der Waals surface area contributed by atoms with Gasteiger partial charge in [-0.05, 0) is 12.1 Å². The molecule has 0 bridgehead atoms. The zero-order valence-electron chi connectivity index (χ0n) is 6.92. The summed E-state index contributed by atoms with van der Waals surface area (Å²) < 4.78 is 0. The van der Waals surface area contributed by atoms with E-state index in [-0.39, 0.29) is 0 Å². The summed E-state index contributed by atoms with van der Waals surface area (Å²) in [5.74, 6) is 0. The highest BCUT2D eigenvalue weighted by Crippen LogP contribution is 2.25.